The third kappa shape index (κ3) is 5.50. The molecule has 1 aromatic heterocycles. The number of hydrogen-bond acceptors (Lipinski definition) is 6. The number of hydrogen-bond donors (Lipinski definition) is 2. The lowest BCUT2D eigenvalue weighted by atomic mass is 9.96. The molecule has 0 radical (unpaired) electrons. The first-order valence-corrected chi connectivity index (χ1v) is 13.1. The summed E-state index contributed by atoms with van der Waals surface area (Å²) in [7, 11) is 0. The highest BCUT2D eigenvalue weighted by Crippen LogP contribution is 2.33. The summed E-state index contributed by atoms with van der Waals surface area (Å²) in [6, 6.07) is 10.4. The Kier molecular flexibility index (Phi) is 7.57. The number of nitrogens with one attached hydrogen (secondary N) is 1. The number of aromatic hydroxyl groups is 1. The lowest BCUT2D eigenvalue weighted by Crippen LogP contribution is -2.51. The lowest BCUT2D eigenvalue weighted by molar-refractivity contribution is -0.146. The van der Waals surface area contributed by atoms with Crippen molar-refractivity contribution in [2.24, 2.45) is 0 Å². The number of ether oxygens (including phenoxy) is 1. The van der Waals surface area contributed by atoms with Gasteiger partial charge in [0.25, 0.3) is 11.8 Å². The van der Waals surface area contributed by atoms with Gasteiger partial charge in [0.2, 0.25) is 0 Å². The van der Waals surface area contributed by atoms with E-state index in [1.165, 1.54) is 11.3 Å². The fourth-order valence-electron chi connectivity index (χ4n) is 4.26. The SMILES string of the molecule is Cc1c(O)ccc(NC(=O)c2csc(C3CCN(C(=O)C(C)(C)Oc4ccccc4Cl)CC3)n2)c1C. The molecule has 190 valence electrons. The molecule has 0 saturated carbocycles. The highest BCUT2D eigenvalue weighted by molar-refractivity contribution is 7.10. The van der Waals surface area contributed by atoms with Gasteiger partial charge in [-0.25, -0.2) is 4.98 Å². The molecule has 36 heavy (non-hydrogen) atoms. The van der Waals surface area contributed by atoms with Crippen molar-refractivity contribution in [3.63, 3.8) is 0 Å². The third-order valence-corrected chi connectivity index (χ3v) is 7.93. The number of nitrogens with zero attached hydrogens (tertiary/aromatic N) is 2. The Bertz CT molecular complexity index is 1280. The predicted octanol–water partition coefficient (Wildman–Crippen LogP) is 5.93. The van der Waals surface area contributed by atoms with E-state index in [0.29, 0.717) is 35.2 Å². The topological polar surface area (TPSA) is 91.8 Å². The van der Waals surface area contributed by atoms with Gasteiger partial charge in [-0.15, -0.1) is 11.3 Å². The lowest BCUT2D eigenvalue weighted by Gasteiger charge is -2.36. The van der Waals surface area contributed by atoms with Crippen LogP contribution < -0.4 is 10.1 Å². The highest BCUT2D eigenvalue weighted by Gasteiger charge is 2.37. The van der Waals surface area contributed by atoms with Crippen molar-refractivity contribution in [1.29, 1.82) is 0 Å². The first-order chi connectivity index (χ1) is 17.1. The van der Waals surface area contributed by atoms with Crippen LogP contribution in [0.3, 0.4) is 0 Å². The number of anilines is 1. The molecule has 0 aliphatic carbocycles. The zero-order valence-electron chi connectivity index (χ0n) is 20.8. The van der Waals surface area contributed by atoms with E-state index in [2.05, 4.69) is 10.3 Å². The normalized spacial score (nSPS) is 14.5. The van der Waals surface area contributed by atoms with E-state index in [1.54, 1.807) is 43.5 Å². The molecule has 1 aliphatic heterocycles. The van der Waals surface area contributed by atoms with Crippen LogP contribution in [0.15, 0.2) is 41.8 Å². The fourth-order valence-corrected chi connectivity index (χ4v) is 5.41. The first kappa shape index (κ1) is 26.0. The summed E-state index contributed by atoms with van der Waals surface area (Å²) >= 11 is 7.67. The van der Waals surface area contributed by atoms with E-state index < -0.39 is 5.60 Å². The number of carbonyl (C=O) groups excluding carboxylic acids is 2. The number of carbonyl (C=O) groups is 2. The third-order valence-electron chi connectivity index (χ3n) is 6.61. The molecule has 2 N–H and O–H groups in total. The molecule has 2 heterocycles. The second-order valence-corrected chi connectivity index (χ2v) is 10.8. The van der Waals surface area contributed by atoms with E-state index in [4.69, 9.17) is 16.3 Å². The highest BCUT2D eigenvalue weighted by atomic mass is 35.5. The van der Waals surface area contributed by atoms with Crippen LogP contribution in [0.25, 0.3) is 0 Å². The van der Waals surface area contributed by atoms with Crippen LogP contribution in [-0.2, 0) is 4.79 Å². The van der Waals surface area contributed by atoms with Crippen LogP contribution in [0.4, 0.5) is 5.69 Å². The van der Waals surface area contributed by atoms with Crippen molar-refractivity contribution in [2.75, 3.05) is 18.4 Å². The van der Waals surface area contributed by atoms with Gasteiger partial charge in [0, 0.05) is 30.1 Å². The van der Waals surface area contributed by atoms with Crippen LogP contribution in [-0.4, -0.2) is 45.5 Å². The Balaban J connectivity index is 1.35. The predicted molar refractivity (Wildman–Crippen MR) is 142 cm³/mol. The van der Waals surface area contributed by atoms with Crippen LogP contribution in [0.5, 0.6) is 11.5 Å². The van der Waals surface area contributed by atoms with Crippen molar-refractivity contribution >= 4 is 40.4 Å². The summed E-state index contributed by atoms with van der Waals surface area (Å²) in [4.78, 5) is 32.4. The number of halogens is 1. The number of likely N-dealkylation sites (tertiary alicyclic amines) is 1. The number of para-hydroxylation sites is 1. The number of thiazole rings is 1. The molecule has 2 aromatic carbocycles. The Labute approximate surface area is 220 Å². The monoisotopic (exact) mass is 527 g/mol. The maximum absolute atomic E-state index is 13.2. The number of benzene rings is 2. The quantitative estimate of drug-likeness (QED) is 0.387. The largest absolute Gasteiger partial charge is 0.508 e. The minimum atomic E-state index is -1.05. The number of piperidine rings is 1. The summed E-state index contributed by atoms with van der Waals surface area (Å²) in [5.74, 6) is 0.506. The van der Waals surface area contributed by atoms with E-state index >= 15 is 0 Å². The van der Waals surface area contributed by atoms with Crippen molar-refractivity contribution in [1.82, 2.24) is 9.88 Å². The molecule has 7 nitrogen and oxygen atoms in total. The maximum atomic E-state index is 13.2. The molecule has 3 aromatic rings. The summed E-state index contributed by atoms with van der Waals surface area (Å²) in [6.45, 7) is 8.36. The minimum absolute atomic E-state index is 0.0837. The van der Waals surface area contributed by atoms with Crippen molar-refractivity contribution < 1.29 is 19.4 Å². The summed E-state index contributed by atoms with van der Waals surface area (Å²) < 4.78 is 5.97. The van der Waals surface area contributed by atoms with E-state index in [0.717, 1.165) is 29.0 Å². The van der Waals surface area contributed by atoms with Gasteiger partial charge >= 0.3 is 0 Å². The van der Waals surface area contributed by atoms with Crippen LogP contribution in [0, 0.1) is 13.8 Å². The average molecular weight is 528 g/mol. The summed E-state index contributed by atoms with van der Waals surface area (Å²) in [5, 5.41) is 15.9. The first-order valence-electron chi connectivity index (χ1n) is 11.9. The number of phenols is 1. The molecule has 4 rings (SSSR count). The zero-order chi connectivity index (χ0) is 26.0. The fraction of sp³-hybridized carbons (Fsp3) is 0.370. The van der Waals surface area contributed by atoms with Gasteiger partial charge in [-0.05, 0) is 75.9 Å². The van der Waals surface area contributed by atoms with Gasteiger partial charge in [0.1, 0.15) is 17.2 Å². The molecule has 1 aliphatic rings. The molecule has 2 amide bonds. The van der Waals surface area contributed by atoms with Crippen molar-refractivity contribution in [2.45, 2.75) is 52.1 Å². The van der Waals surface area contributed by atoms with Crippen LogP contribution in [0.1, 0.15) is 59.2 Å². The standard InChI is InChI=1S/C27H30ClN3O4S/c1-16-17(2)22(32)10-9-20(16)29-24(33)21-15-36-25(30-21)18-11-13-31(14-12-18)26(34)27(3,4)35-23-8-6-5-7-19(23)28/h5-10,15,18,32H,11-14H2,1-4H3,(H,29,33). The van der Waals surface area contributed by atoms with Gasteiger partial charge in [0.05, 0.1) is 10.0 Å². The summed E-state index contributed by atoms with van der Waals surface area (Å²) in [5.41, 5.74) is 1.52. The molecule has 0 unspecified atom stereocenters. The molecule has 0 bridgehead atoms. The van der Waals surface area contributed by atoms with Crippen molar-refractivity contribution in [3.05, 3.63) is 68.6 Å². The van der Waals surface area contributed by atoms with Gasteiger partial charge < -0.3 is 20.1 Å². The molecule has 1 fully saturated rings. The number of phenolic OH excluding ortho intramolecular Hbond substituents is 1. The second kappa shape index (κ2) is 10.5. The molecule has 9 heteroatoms. The number of rotatable bonds is 6. The average Bonchev–Trinajstić information content (AvgIpc) is 3.36. The molecule has 0 atom stereocenters. The molecular formula is C27H30ClN3O4S. The van der Waals surface area contributed by atoms with E-state index in [9.17, 15) is 14.7 Å². The molecule has 0 spiro atoms. The van der Waals surface area contributed by atoms with Gasteiger partial charge in [-0.3, -0.25) is 9.59 Å². The van der Waals surface area contributed by atoms with E-state index in [1.807, 2.05) is 30.9 Å². The van der Waals surface area contributed by atoms with Crippen LogP contribution in [0.2, 0.25) is 5.02 Å². The minimum Gasteiger partial charge on any atom is -0.508 e. The zero-order valence-corrected chi connectivity index (χ0v) is 22.4. The molecule has 1 saturated heterocycles. The van der Waals surface area contributed by atoms with Crippen LogP contribution >= 0.6 is 22.9 Å². The molecular weight excluding hydrogens is 498 g/mol. The number of amides is 2. The Morgan fingerprint density at radius 1 is 1.14 bits per heavy atom. The Morgan fingerprint density at radius 2 is 1.83 bits per heavy atom. The van der Waals surface area contributed by atoms with E-state index in [-0.39, 0.29) is 23.5 Å². The maximum Gasteiger partial charge on any atom is 0.275 e. The second-order valence-electron chi connectivity index (χ2n) is 9.52. The Morgan fingerprint density at radius 3 is 2.53 bits per heavy atom. The van der Waals surface area contributed by atoms with Gasteiger partial charge in [-0.2, -0.15) is 0 Å². The number of aromatic nitrogens is 1. The smallest absolute Gasteiger partial charge is 0.275 e. The van der Waals surface area contributed by atoms with Crippen molar-refractivity contribution in [3.8, 4) is 11.5 Å². The van der Waals surface area contributed by atoms with Gasteiger partial charge in [-0.1, -0.05) is 23.7 Å². The summed E-state index contributed by atoms with van der Waals surface area (Å²) in [6.07, 6.45) is 1.53. The van der Waals surface area contributed by atoms with Gasteiger partial charge in [0.15, 0.2) is 5.60 Å². The Hall–Kier alpha value is -3.10.